The van der Waals surface area contributed by atoms with E-state index in [1.807, 2.05) is 0 Å². The van der Waals surface area contributed by atoms with Crippen molar-refractivity contribution in [2.75, 3.05) is 40.3 Å². The summed E-state index contributed by atoms with van der Waals surface area (Å²) in [6, 6.07) is 1.31. The highest BCUT2D eigenvalue weighted by Crippen LogP contribution is 2.11. The van der Waals surface area contributed by atoms with E-state index in [0.717, 1.165) is 0 Å². The highest BCUT2D eigenvalue weighted by atomic mass is 15.3. The van der Waals surface area contributed by atoms with E-state index in [1.165, 1.54) is 26.2 Å². The van der Waals surface area contributed by atoms with Crippen LogP contribution in [0.5, 0.6) is 0 Å². The van der Waals surface area contributed by atoms with Crippen molar-refractivity contribution in [2.45, 2.75) is 32.9 Å². The Morgan fingerprint density at radius 2 is 2.00 bits per heavy atom. The van der Waals surface area contributed by atoms with Gasteiger partial charge in [-0.15, -0.1) is 0 Å². The zero-order chi connectivity index (χ0) is 11.4. The molecule has 1 N–H and O–H groups in total. The van der Waals surface area contributed by atoms with Crippen molar-refractivity contribution in [1.82, 2.24) is 15.1 Å². The van der Waals surface area contributed by atoms with Crippen molar-refractivity contribution >= 4 is 0 Å². The van der Waals surface area contributed by atoms with Gasteiger partial charge in [-0.2, -0.15) is 0 Å². The highest BCUT2D eigenvalue weighted by molar-refractivity contribution is 4.82. The molecule has 0 aromatic heterocycles. The third kappa shape index (κ3) is 3.74. The standard InChI is InChI=1S/C12H27N3/c1-10(2)12(13-4)9-15-7-6-14(5)8-11(15)3/h10-13H,6-9H2,1-5H3. The summed E-state index contributed by atoms with van der Waals surface area (Å²) in [6.07, 6.45) is 0. The Morgan fingerprint density at radius 3 is 2.47 bits per heavy atom. The van der Waals surface area contributed by atoms with Crippen LogP contribution in [0.3, 0.4) is 0 Å². The van der Waals surface area contributed by atoms with Gasteiger partial charge in [0.05, 0.1) is 0 Å². The van der Waals surface area contributed by atoms with E-state index in [9.17, 15) is 0 Å². The van der Waals surface area contributed by atoms with E-state index < -0.39 is 0 Å². The van der Waals surface area contributed by atoms with Gasteiger partial charge in [-0.3, -0.25) is 4.90 Å². The SMILES string of the molecule is CNC(CN1CCN(C)CC1C)C(C)C. The van der Waals surface area contributed by atoms with Gasteiger partial charge in [0.25, 0.3) is 0 Å². The maximum Gasteiger partial charge on any atom is 0.0215 e. The molecule has 0 radical (unpaired) electrons. The second-order valence-electron chi connectivity index (χ2n) is 5.25. The first-order chi connectivity index (χ1) is 7.04. The number of rotatable bonds is 4. The average molecular weight is 213 g/mol. The van der Waals surface area contributed by atoms with Crippen molar-refractivity contribution in [3.63, 3.8) is 0 Å². The lowest BCUT2D eigenvalue weighted by atomic mass is 10.0. The van der Waals surface area contributed by atoms with E-state index in [1.54, 1.807) is 0 Å². The molecule has 0 aromatic rings. The second-order valence-corrected chi connectivity index (χ2v) is 5.25. The third-order valence-electron chi connectivity index (χ3n) is 3.57. The lowest BCUT2D eigenvalue weighted by molar-refractivity contribution is 0.0856. The molecular weight excluding hydrogens is 186 g/mol. The Bertz CT molecular complexity index is 182. The average Bonchev–Trinajstić information content (AvgIpc) is 2.16. The molecule has 1 heterocycles. The summed E-state index contributed by atoms with van der Waals surface area (Å²) in [4.78, 5) is 5.03. The molecule has 0 amide bonds. The van der Waals surface area contributed by atoms with Crippen molar-refractivity contribution in [2.24, 2.45) is 5.92 Å². The summed E-state index contributed by atoms with van der Waals surface area (Å²) >= 11 is 0. The fraction of sp³-hybridized carbons (Fsp3) is 1.00. The topological polar surface area (TPSA) is 18.5 Å². The van der Waals surface area contributed by atoms with Gasteiger partial charge in [-0.1, -0.05) is 13.8 Å². The minimum absolute atomic E-state index is 0.621. The molecule has 0 bridgehead atoms. The van der Waals surface area contributed by atoms with Gasteiger partial charge in [0.1, 0.15) is 0 Å². The molecule has 1 aliphatic heterocycles. The molecule has 1 aliphatic rings. The zero-order valence-corrected chi connectivity index (χ0v) is 11.0. The predicted octanol–water partition coefficient (Wildman–Crippen LogP) is 0.866. The molecule has 0 aliphatic carbocycles. The lowest BCUT2D eigenvalue weighted by Gasteiger charge is -2.40. The fourth-order valence-corrected chi connectivity index (χ4v) is 2.34. The third-order valence-corrected chi connectivity index (χ3v) is 3.57. The molecule has 0 aromatic carbocycles. The summed E-state index contributed by atoms with van der Waals surface area (Å²) in [5, 5.41) is 3.43. The molecule has 15 heavy (non-hydrogen) atoms. The Balaban J connectivity index is 2.43. The predicted molar refractivity (Wildman–Crippen MR) is 66.2 cm³/mol. The Hall–Kier alpha value is -0.120. The van der Waals surface area contributed by atoms with Crippen LogP contribution in [0.15, 0.2) is 0 Å². The smallest absolute Gasteiger partial charge is 0.0215 e. The first kappa shape index (κ1) is 12.9. The van der Waals surface area contributed by atoms with Gasteiger partial charge in [-0.05, 0) is 26.9 Å². The molecule has 1 fully saturated rings. The van der Waals surface area contributed by atoms with E-state index in [2.05, 4.69) is 50.0 Å². The number of likely N-dealkylation sites (N-methyl/N-ethyl adjacent to an activating group) is 2. The fourth-order valence-electron chi connectivity index (χ4n) is 2.34. The van der Waals surface area contributed by atoms with Crippen LogP contribution in [0.4, 0.5) is 0 Å². The molecule has 1 saturated heterocycles. The van der Waals surface area contributed by atoms with Gasteiger partial charge in [0.15, 0.2) is 0 Å². The zero-order valence-electron chi connectivity index (χ0n) is 11.0. The largest absolute Gasteiger partial charge is 0.315 e. The summed E-state index contributed by atoms with van der Waals surface area (Å²) in [5.41, 5.74) is 0. The Labute approximate surface area is 94.8 Å². The molecule has 3 heteroatoms. The van der Waals surface area contributed by atoms with Gasteiger partial charge in [-0.25, -0.2) is 0 Å². The minimum atomic E-state index is 0.621. The molecule has 2 atom stereocenters. The number of hydrogen-bond donors (Lipinski definition) is 1. The van der Waals surface area contributed by atoms with Crippen molar-refractivity contribution in [3.8, 4) is 0 Å². The Kier molecular flexibility index (Phi) is 5.03. The van der Waals surface area contributed by atoms with E-state index in [-0.39, 0.29) is 0 Å². The normalized spacial score (nSPS) is 27.2. The van der Waals surface area contributed by atoms with Gasteiger partial charge >= 0.3 is 0 Å². The summed E-state index contributed by atoms with van der Waals surface area (Å²) in [7, 11) is 4.29. The molecule has 2 unspecified atom stereocenters. The second kappa shape index (κ2) is 5.83. The van der Waals surface area contributed by atoms with Gasteiger partial charge < -0.3 is 10.2 Å². The molecule has 0 saturated carbocycles. The first-order valence-electron chi connectivity index (χ1n) is 6.14. The van der Waals surface area contributed by atoms with Crippen LogP contribution in [0, 0.1) is 5.92 Å². The van der Waals surface area contributed by atoms with Crippen LogP contribution < -0.4 is 5.32 Å². The van der Waals surface area contributed by atoms with E-state index in [4.69, 9.17) is 0 Å². The maximum absolute atomic E-state index is 3.43. The molecule has 1 rings (SSSR count). The van der Waals surface area contributed by atoms with Crippen molar-refractivity contribution in [3.05, 3.63) is 0 Å². The summed E-state index contributed by atoms with van der Waals surface area (Å²) in [5.74, 6) is 0.710. The highest BCUT2D eigenvalue weighted by Gasteiger charge is 2.24. The molecule has 0 spiro atoms. The van der Waals surface area contributed by atoms with Crippen LogP contribution in [0.2, 0.25) is 0 Å². The number of piperazine rings is 1. The maximum atomic E-state index is 3.43. The van der Waals surface area contributed by atoms with E-state index >= 15 is 0 Å². The Morgan fingerprint density at radius 1 is 1.33 bits per heavy atom. The quantitative estimate of drug-likeness (QED) is 0.747. The van der Waals surface area contributed by atoms with Crippen LogP contribution in [0.25, 0.3) is 0 Å². The molecule has 3 nitrogen and oxygen atoms in total. The van der Waals surface area contributed by atoms with Crippen LogP contribution in [-0.4, -0.2) is 62.2 Å². The summed E-state index contributed by atoms with van der Waals surface area (Å²) in [6.45, 7) is 11.7. The first-order valence-corrected chi connectivity index (χ1v) is 6.14. The van der Waals surface area contributed by atoms with Crippen LogP contribution in [0.1, 0.15) is 20.8 Å². The van der Waals surface area contributed by atoms with Gasteiger partial charge in [0, 0.05) is 38.3 Å². The van der Waals surface area contributed by atoms with Gasteiger partial charge in [0.2, 0.25) is 0 Å². The number of nitrogens with one attached hydrogen (secondary N) is 1. The lowest BCUT2D eigenvalue weighted by Crippen LogP contribution is -2.54. The van der Waals surface area contributed by atoms with Crippen LogP contribution in [-0.2, 0) is 0 Å². The molecular formula is C12H27N3. The minimum Gasteiger partial charge on any atom is -0.315 e. The summed E-state index contributed by atoms with van der Waals surface area (Å²) < 4.78 is 0. The number of nitrogens with zero attached hydrogens (tertiary/aromatic N) is 2. The van der Waals surface area contributed by atoms with Crippen molar-refractivity contribution < 1.29 is 0 Å². The van der Waals surface area contributed by atoms with Crippen molar-refractivity contribution in [1.29, 1.82) is 0 Å². The van der Waals surface area contributed by atoms with Crippen LogP contribution >= 0.6 is 0 Å². The number of hydrogen-bond acceptors (Lipinski definition) is 3. The monoisotopic (exact) mass is 213 g/mol. The van der Waals surface area contributed by atoms with E-state index in [0.29, 0.717) is 18.0 Å². The molecule has 90 valence electrons.